The summed E-state index contributed by atoms with van der Waals surface area (Å²) in [6.07, 6.45) is 1.67. The van der Waals surface area contributed by atoms with Gasteiger partial charge in [0.15, 0.2) is 5.82 Å². The van der Waals surface area contributed by atoms with Crippen LogP contribution >= 0.6 is 0 Å². The van der Waals surface area contributed by atoms with Crippen molar-refractivity contribution in [3.63, 3.8) is 0 Å². The van der Waals surface area contributed by atoms with Crippen LogP contribution in [0.3, 0.4) is 0 Å². The van der Waals surface area contributed by atoms with Crippen molar-refractivity contribution >= 4 is 5.97 Å². The largest absolute Gasteiger partial charge is 0.469 e. The molecule has 0 bridgehead atoms. The minimum atomic E-state index is -0.207. The van der Waals surface area contributed by atoms with Crippen LogP contribution in [0.2, 0.25) is 0 Å². The van der Waals surface area contributed by atoms with Gasteiger partial charge in [-0.25, -0.2) is 0 Å². The third kappa shape index (κ3) is 4.07. The summed E-state index contributed by atoms with van der Waals surface area (Å²) in [6, 6.07) is 0. The summed E-state index contributed by atoms with van der Waals surface area (Å²) in [5.41, 5.74) is 0. The zero-order chi connectivity index (χ0) is 11.1. The topological polar surface area (TPSA) is 68.5 Å². The van der Waals surface area contributed by atoms with Gasteiger partial charge < -0.3 is 9.26 Å². The Balaban J connectivity index is 2.33. The van der Waals surface area contributed by atoms with Gasteiger partial charge in [-0.15, -0.1) is 0 Å². The lowest BCUT2D eigenvalue weighted by Gasteiger charge is -2.17. The Bertz CT molecular complexity index is 287. The number of hydrogen-bond donors (Lipinski definition) is 0. The van der Waals surface area contributed by atoms with Crippen molar-refractivity contribution in [2.75, 3.05) is 20.2 Å². The van der Waals surface area contributed by atoms with E-state index in [2.05, 4.69) is 19.4 Å². The van der Waals surface area contributed by atoms with E-state index in [1.165, 1.54) is 13.5 Å². The van der Waals surface area contributed by atoms with Crippen molar-refractivity contribution in [2.24, 2.45) is 0 Å². The van der Waals surface area contributed by atoms with Crippen LogP contribution in [0.1, 0.15) is 19.2 Å². The van der Waals surface area contributed by atoms with Crippen LogP contribution in [0.25, 0.3) is 0 Å². The van der Waals surface area contributed by atoms with Crippen LogP contribution in [-0.2, 0) is 16.1 Å². The van der Waals surface area contributed by atoms with Gasteiger partial charge in [-0.2, -0.15) is 4.98 Å². The summed E-state index contributed by atoms with van der Waals surface area (Å²) in [6.45, 7) is 4.06. The van der Waals surface area contributed by atoms with E-state index in [4.69, 9.17) is 0 Å². The van der Waals surface area contributed by atoms with E-state index < -0.39 is 0 Å². The summed E-state index contributed by atoms with van der Waals surface area (Å²) in [5.74, 6) is 0.420. The van der Waals surface area contributed by atoms with E-state index in [1.807, 2.05) is 11.8 Å². The van der Waals surface area contributed by atoms with Crippen molar-refractivity contribution in [3.8, 4) is 0 Å². The maximum absolute atomic E-state index is 10.9. The first kappa shape index (κ1) is 11.6. The van der Waals surface area contributed by atoms with E-state index in [9.17, 15) is 4.79 Å². The fourth-order valence-electron chi connectivity index (χ4n) is 1.16. The molecule has 0 saturated heterocycles. The summed E-state index contributed by atoms with van der Waals surface area (Å²) < 4.78 is 9.19. The Labute approximate surface area is 88.2 Å². The molecule has 0 fully saturated rings. The van der Waals surface area contributed by atoms with Crippen molar-refractivity contribution in [3.05, 3.63) is 12.2 Å². The Kier molecular flexibility index (Phi) is 4.76. The van der Waals surface area contributed by atoms with Crippen LogP contribution < -0.4 is 0 Å². The van der Waals surface area contributed by atoms with Crippen molar-refractivity contribution in [1.82, 2.24) is 15.0 Å². The molecule has 0 amide bonds. The molecule has 0 aliphatic heterocycles. The molecular formula is C9H15N3O3. The van der Waals surface area contributed by atoms with E-state index in [1.54, 1.807) is 0 Å². The molecule has 0 N–H and O–H groups in total. The van der Waals surface area contributed by atoms with Crippen LogP contribution in [0.15, 0.2) is 10.9 Å². The number of esters is 1. The van der Waals surface area contributed by atoms with Gasteiger partial charge in [-0.3, -0.25) is 9.69 Å². The molecule has 0 saturated carbocycles. The maximum atomic E-state index is 10.9. The second kappa shape index (κ2) is 6.13. The fourth-order valence-corrected chi connectivity index (χ4v) is 1.16. The lowest BCUT2D eigenvalue weighted by atomic mass is 10.3. The normalized spacial score (nSPS) is 10.6. The number of carbonyl (C=O) groups is 1. The summed E-state index contributed by atoms with van der Waals surface area (Å²) in [5, 5.41) is 3.71. The molecule has 0 aliphatic carbocycles. The lowest BCUT2D eigenvalue weighted by molar-refractivity contribution is -0.141. The number of carbonyl (C=O) groups excluding carboxylic acids is 1. The molecule has 1 heterocycles. The van der Waals surface area contributed by atoms with Gasteiger partial charge in [0.25, 0.3) is 0 Å². The minimum absolute atomic E-state index is 0.207. The molecule has 84 valence electrons. The average molecular weight is 213 g/mol. The Morgan fingerprint density at radius 1 is 1.67 bits per heavy atom. The highest BCUT2D eigenvalue weighted by atomic mass is 16.5. The Morgan fingerprint density at radius 2 is 2.47 bits per heavy atom. The van der Waals surface area contributed by atoms with E-state index in [0.717, 1.165) is 6.54 Å². The lowest BCUT2D eigenvalue weighted by Crippen LogP contribution is -2.26. The smallest absolute Gasteiger partial charge is 0.306 e. The van der Waals surface area contributed by atoms with E-state index >= 15 is 0 Å². The number of aromatic nitrogens is 2. The second-order valence-corrected chi connectivity index (χ2v) is 3.04. The molecular weight excluding hydrogens is 198 g/mol. The first-order valence-corrected chi connectivity index (χ1v) is 4.80. The number of hydrogen-bond acceptors (Lipinski definition) is 6. The highest BCUT2D eigenvalue weighted by Crippen LogP contribution is 1.99. The predicted molar refractivity (Wildman–Crippen MR) is 51.9 cm³/mol. The number of methoxy groups -OCH3 is 1. The van der Waals surface area contributed by atoms with E-state index in [-0.39, 0.29) is 5.97 Å². The van der Waals surface area contributed by atoms with Crippen LogP contribution in [0.4, 0.5) is 0 Å². The highest BCUT2D eigenvalue weighted by Gasteiger charge is 2.09. The monoisotopic (exact) mass is 213 g/mol. The van der Waals surface area contributed by atoms with Crippen LogP contribution in [-0.4, -0.2) is 41.2 Å². The van der Waals surface area contributed by atoms with Gasteiger partial charge in [0, 0.05) is 6.54 Å². The predicted octanol–water partition coefficient (Wildman–Crippen LogP) is 0.455. The van der Waals surface area contributed by atoms with Crippen LogP contribution in [0, 0.1) is 0 Å². The molecule has 6 heteroatoms. The van der Waals surface area contributed by atoms with Gasteiger partial charge in [0.2, 0.25) is 6.39 Å². The van der Waals surface area contributed by atoms with Gasteiger partial charge in [-0.1, -0.05) is 12.1 Å². The third-order valence-corrected chi connectivity index (χ3v) is 2.08. The molecule has 0 atom stereocenters. The molecule has 1 aromatic rings. The number of nitrogens with zero attached hydrogens (tertiary/aromatic N) is 3. The average Bonchev–Trinajstić information content (AvgIpc) is 2.76. The maximum Gasteiger partial charge on any atom is 0.306 e. The molecule has 0 aromatic carbocycles. The molecule has 6 nitrogen and oxygen atoms in total. The number of rotatable bonds is 6. The number of ether oxygens (including phenoxy) is 1. The first-order valence-electron chi connectivity index (χ1n) is 4.80. The van der Waals surface area contributed by atoms with Crippen LogP contribution in [0.5, 0.6) is 0 Å². The van der Waals surface area contributed by atoms with Crippen molar-refractivity contribution < 1.29 is 14.1 Å². The van der Waals surface area contributed by atoms with E-state index in [0.29, 0.717) is 25.3 Å². The van der Waals surface area contributed by atoms with Gasteiger partial charge in [0.05, 0.1) is 20.1 Å². The zero-order valence-electron chi connectivity index (χ0n) is 8.97. The summed E-state index contributed by atoms with van der Waals surface area (Å²) in [7, 11) is 1.39. The summed E-state index contributed by atoms with van der Waals surface area (Å²) in [4.78, 5) is 16.9. The molecule has 1 aromatic heterocycles. The third-order valence-electron chi connectivity index (χ3n) is 2.08. The molecule has 0 aliphatic rings. The standard InChI is InChI=1S/C9H15N3O3/c1-3-12(5-4-9(13)14-2)6-8-10-7-15-11-8/h7H,3-6H2,1-2H3. The van der Waals surface area contributed by atoms with Crippen molar-refractivity contribution in [1.29, 1.82) is 0 Å². The zero-order valence-corrected chi connectivity index (χ0v) is 8.97. The quantitative estimate of drug-likeness (QED) is 0.639. The molecule has 0 spiro atoms. The molecule has 0 radical (unpaired) electrons. The first-order chi connectivity index (χ1) is 7.26. The minimum Gasteiger partial charge on any atom is -0.469 e. The Morgan fingerprint density at radius 3 is 3.00 bits per heavy atom. The Hall–Kier alpha value is -1.43. The molecule has 0 unspecified atom stereocenters. The van der Waals surface area contributed by atoms with Gasteiger partial charge in [-0.05, 0) is 6.54 Å². The van der Waals surface area contributed by atoms with Crippen molar-refractivity contribution in [2.45, 2.75) is 19.9 Å². The molecule has 15 heavy (non-hydrogen) atoms. The molecule has 1 rings (SSSR count). The van der Waals surface area contributed by atoms with Gasteiger partial charge >= 0.3 is 5.97 Å². The fraction of sp³-hybridized carbons (Fsp3) is 0.667. The second-order valence-electron chi connectivity index (χ2n) is 3.04. The highest BCUT2D eigenvalue weighted by molar-refractivity contribution is 5.69. The SMILES string of the molecule is CCN(CCC(=O)OC)Cc1ncon1. The van der Waals surface area contributed by atoms with Gasteiger partial charge in [0.1, 0.15) is 0 Å². The summed E-state index contributed by atoms with van der Waals surface area (Å²) >= 11 is 0.